The van der Waals surface area contributed by atoms with Crippen molar-refractivity contribution >= 4 is 44.3 Å². The van der Waals surface area contributed by atoms with E-state index in [9.17, 15) is 9.59 Å². The summed E-state index contributed by atoms with van der Waals surface area (Å²) in [5, 5.41) is 4.40. The van der Waals surface area contributed by atoms with Crippen LogP contribution >= 0.6 is 27.3 Å². The molecule has 0 bridgehead atoms. The Labute approximate surface area is 183 Å². The minimum absolute atomic E-state index is 0.249. The van der Waals surface area contributed by atoms with Crippen LogP contribution in [-0.4, -0.2) is 27.7 Å². The van der Waals surface area contributed by atoms with E-state index in [1.165, 1.54) is 29.9 Å². The van der Waals surface area contributed by atoms with Crippen molar-refractivity contribution in [2.75, 3.05) is 7.11 Å². The molecule has 9 heteroatoms. The average Bonchev–Trinajstić information content (AvgIpc) is 3.23. The molecule has 2 aromatic heterocycles. The molecular formula is C21H16BrN3O4S. The number of hydrogen-bond acceptors (Lipinski definition) is 7. The van der Waals surface area contributed by atoms with E-state index in [0.717, 1.165) is 11.1 Å². The summed E-state index contributed by atoms with van der Waals surface area (Å²) in [4.78, 5) is 29.2. The van der Waals surface area contributed by atoms with Crippen molar-refractivity contribution in [3.8, 4) is 22.9 Å². The summed E-state index contributed by atoms with van der Waals surface area (Å²) in [6.45, 7) is 3.29. The topological polar surface area (TPSA) is 82.8 Å². The first-order valence-corrected chi connectivity index (χ1v) is 10.5. The number of aromatic nitrogens is 3. The van der Waals surface area contributed by atoms with Gasteiger partial charge in [0.1, 0.15) is 0 Å². The Balaban J connectivity index is 1.79. The van der Waals surface area contributed by atoms with E-state index in [2.05, 4.69) is 26.0 Å². The van der Waals surface area contributed by atoms with Gasteiger partial charge >= 0.3 is 5.97 Å². The number of fused-ring (bicyclic) bond motifs is 1. The number of hydrogen-bond donors (Lipinski definition) is 0. The van der Waals surface area contributed by atoms with Crippen LogP contribution in [0.25, 0.3) is 22.4 Å². The molecule has 7 nitrogen and oxygen atoms in total. The number of carbonyl (C=O) groups excluding carboxylic acids is 1. The number of esters is 1. The van der Waals surface area contributed by atoms with E-state index in [4.69, 9.17) is 9.47 Å². The van der Waals surface area contributed by atoms with Gasteiger partial charge in [-0.3, -0.25) is 9.59 Å². The summed E-state index contributed by atoms with van der Waals surface area (Å²) in [5.41, 5.74) is 2.39. The first-order valence-electron chi connectivity index (χ1n) is 8.90. The third-order valence-electron chi connectivity index (χ3n) is 4.36. The molecule has 0 spiro atoms. The highest BCUT2D eigenvalue weighted by atomic mass is 79.9. The minimum atomic E-state index is -0.456. The van der Waals surface area contributed by atoms with Crippen LogP contribution in [-0.2, 0) is 4.79 Å². The molecule has 4 rings (SSSR count). The molecule has 0 saturated heterocycles. The lowest BCUT2D eigenvalue weighted by Crippen LogP contribution is -2.23. The quantitative estimate of drug-likeness (QED) is 0.325. The highest BCUT2D eigenvalue weighted by Crippen LogP contribution is 2.37. The molecule has 0 amide bonds. The Kier molecular flexibility index (Phi) is 5.40. The number of benzene rings is 2. The Hall–Kier alpha value is -3.04. The molecule has 0 atom stereocenters. The number of ether oxygens (including phenoxy) is 2. The molecule has 2 aromatic carbocycles. The summed E-state index contributed by atoms with van der Waals surface area (Å²) in [6, 6.07) is 11.2. The van der Waals surface area contributed by atoms with Crippen molar-refractivity contribution in [3.63, 3.8) is 0 Å². The fourth-order valence-corrected chi connectivity index (χ4v) is 4.44. The van der Waals surface area contributed by atoms with Crippen LogP contribution in [0.2, 0.25) is 0 Å². The molecule has 0 saturated carbocycles. The third kappa shape index (κ3) is 3.73. The van der Waals surface area contributed by atoms with Crippen molar-refractivity contribution in [1.82, 2.24) is 14.6 Å². The average molecular weight is 486 g/mol. The van der Waals surface area contributed by atoms with E-state index in [1.807, 2.05) is 31.2 Å². The number of nitrogens with zero attached hydrogens (tertiary/aromatic N) is 3. The van der Waals surface area contributed by atoms with Gasteiger partial charge in [-0.15, -0.1) is 5.10 Å². The first kappa shape index (κ1) is 20.2. The smallest absolute Gasteiger partial charge is 0.308 e. The van der Waals surface area contributed by atoms with Gasteiger partial charge in [0.15, 0.2) is 17.3 Å². The summed E-state index contributed by atoms with van der Waals surface area (Å²) >= 11 is 4.64. The van der Waals surface area contributed by atoms with Crippen molar-refractivity contribution in [2.24, 2.45) is 0 Å². The number of thiazole rings is 1. The standard InChI is InChI=1S/C21H16BrN3O4S/c1-11-6-4-5-7-14(11)19-23-21-25(24-19)20(27)17(30-21)10-13-8-15(22)18(29-12(2)26)16(9-13)28-3/h4-10H,1-3H3. The largest absolute Gasteiger partial charge is 0.493 e. The highest BCUT2D eigenvalue weighted by molar-refractivity contribution is 9.10. The maximum atomic E-state index is 12.8. The van der Waals surface area contributed by atoms with Crippen LogP contribution in [0.15, 0.2) is 45.7 Å². The second kappa shape index (κ2) is 8.00. The van der Waals surface area contributed by atoms with Crippen LogP contribution in [0.3, 0.4) is 0 Å². The van der Waals surface area contributed by atoms with Crippen molar-refractivity contribution < 1.29 is 14.3 Å². The number of rotatable bonds is 4. The molecule has 0 aliphatic rings. The van der Waals surface area contributed by atoms with E-state index in [0.29, 0.717) is 31.1 Å². The van der Waals surface area contributed by atoms with Gasteiger partial charge in [0.2, 0.25) is 4.96 Å². The van der Waals surface area contributed by atoms with Crippen molar-refractivity contribution in [1.29, 1.82) is 0 Å². The molecule has 0 unspecified atom stereocenters. The number of halogens is 1. The third-order valence-corrected chi connectivity index (χ3v) is 5.91. The lowest BCUT2D eigenvalue weighted by atomic mass is 10.1. The van der Waals surface area contributed by atoms with Crippen LogP contribution in [0.5, 0.6) is 11.5 Å². The molecule has 0 aliphatic carbocycles. The van der Waals surface area contributed by atoms with Gasteiger partial charge in [-0.05, 0) is 52.2 Å². The zero-order chi connectivity index (χ0) is 21.4. The second-order valence-corrected chi connectivity index (χ2v) is 8.35. The first-order chi connectivity index (χ1) is 14.4. The monoisotopic (exact) mass is 485 g/mol. The van der Waals surface area contributed by atoms with Gasteiger partial charge in [0.05, 0.1) is 16.1 Å². The van der Waals surface area contributed by atoms with E-state index >= 15 is 0 Å². The van der Waals surface area contributed by atoms with E-state index in [1.54, 1.807) is 18.2 Å². The zero-order valence-corrected chi connectivity index (χ0v) is 18.7. The van der Waals surface area contributed by atoms with Crippen molar-refractivity contribution in [3.05, 3.63) is 66.9 Å². The van der Waals surface area contributed by atoms with E-state index in [-0.39, 0.29) is 11.3 Å². The van der Waals surface area contributed by atoms with Crippen LogP contribution in [0, 0.1) is 6.92 Å². The molecule has 0 aliphatic heterocycles. The lowest BCUT2D eigenvalue weighted by molar-refractivity contribution is -0.132. The molecule has 30 heavy (non-hydrogen) atoms. The molecule has 0 N–H and O–H groups in total. The van der Waals surface area contributed by atoms with Gasteiger partial charge in [-0.2, -0.15) is 9.50 Å². The Morgan fingerprint density at radius 1 is 1.27 bits per heavy atom. The molecule has 0 radical (unpaired) electrons. The van der Waals surface area contributed by atoms with Gasteiger partial charge in [-0.1, -0.05) is 35.6 Å². The van der Waals surface area contributed by atoms with Gasteiger partial charge < -0.3 is 9.47 Å². The van der Waals surface area contributed by atoms with Gasteiger partial charge in [-0.25, -0.2) is 0 Å². The van der Waals surface area contributed by atoms with Crippen LogP contribution in [0.4, 0.5) is 0 Å². The molecule has 2 heterocycles. The van der Waals surface area contributed by atoms with Crippen LogP contribution < -0.4 is 19.6 Å². The predicted molar refractivity (Wildman–Crippen MR) is 118 cm³/mol. The van der Waals surface area contributed by atoms with Crippen molar-refractivity contribution in [2.45, 2.75) is 13.8 Å². The summed E-state index contributed by atoms with van der Waals surface area (Å²) in [6.07, 6.45) is 1.72. The van der Waals surface area contributed by atoms with Crippen LogP contribution in [0.1, 0.15) is 18.1 Å². The molecule has 0 fully saturated rings. The predicted octanol–water partition coefficient (Wildman–Crippen LogP) is 3.37. The minimum Gasteiger partial charge on any atom is -0.493 e. The number of carbonyl (C=O) groups is 1. The SMILES string of the molecule is COc1cc(C=c2sc3nc(-c4ccccc4C)nn3c2=O)cc(Br)c1OC(C)=O. The van der Waals surface area contributed by atoms with E-state index < -0.39 is 5.97 Å². The Bertz CT molecular complexity index is 1390. The zero-order valence-electron chi connectivity index (χ0n) is 16.3. The molecule has 4 aromatic rings. The maximum absolute atomic E-state index is 12.8. The fraction of sp³-hybridized carbons (Fsp3) is 0.143. The number of aryl methyl sites for hydroxylation is 1. The fourth-order valence-electron chi connectivity index (χ4n) is 2.99. The Morgan fingerprint density at radius 3 is 2.70 bits per heavy atom. The second-order valence-electron chi connectivity index (χ2n) is 6.49. The summed E-state index contributed by atoms with van der Waals surface area (Å²) in [7, 11) is 1.48. The molecular weight excluding hydrogens is 470 g/mol. The lowest BCUT2D eigenvalue weighted by Gasteiger charge is -2.10. The molecule has 152 valence electrons. The Morgan fingerprint density at radius 2 is 2.03 bits per heavy atom. The normalized spacial score (nSPS) is 11.8. The highest BCUT2D eigenvalue weighted by Gasteiger charge is 2.15. The van der Waals surface area contributed by atoms with Gasteiger partial charge in [0, 0.05) is 12.5 Å². The maximum Gasteiger partial charge on any atom is 0.308 e. The number of methoxy groups -OCH3 is 1. The summed E-state index contributed by atoms with van der Waals surface area (Å²) in [5.74, 6) is 0.732. The van der Waals surface area contributed by atoms with Gasteiger partial charge in [0.25, 0.3) is 5.56 Å². The summed E-state index contributed by atoms with van der Waals surface area (Å²) < 4.78 is 12.9.